The molecular formula is C32H37N11O3S. The van der Waals surface area contributed by atoms with Crippen molar-refractivity contribution in [3.8, 4) is 22.5 Å². The second-order valence-electron chi connectivity index (χ2n) is 12.3. The zero-order valence-electron chi connectivity index (χ0n) is 26.5. The van der Waals surface area contributed by atoms with Crippen molar-refractivity contribution in [2.75, 3.05) is 43.1 Å². The minimum absolute atomic E-state index is 0.211. The van der Waals surface area contributed by atoms with E-state index < -0.39 is 10.0 Å². The van der Waals surface area contributed by atoms with Gasteiger partial charge in [-0.1, -0.05) is 5.21 Å². The maximum absolute atomic E-state index is 14.4. The second kappa shape index (κ2) is 12.5. The van der Waals surface area contributed by atoms with E-state index in [-0.39, 0.29) is 11.6 Å². The van der Waals surface area contributed by atoms with E-state index in [0.717, 1.165) is 42.1 Å². The van der Waals surface area contributed by atoms with Crippen molar-refractivity contribution in [1.82, 2.24) is 44.1 Å². The lowest BCUT2D eigenvalue weighted by Gasteiger charge is -2.32. The molecule has 5 aromatic rings. The quantitative estimate of drug-likeness (QED) is 0.225. The van der Waals surface area contributed by atoms with Gasteiger partial charge in [-0.3, -0.25) is 14.3 Å². The molecule has 1 atom stereocenters. The SMILES string of the molecule is Cc1cc(-c2cnnn2C)ncc1-c1cc2cnc(Nc3ccc(NC4CCNC4)cc3)nc2n(C2CCN(S(C)(=O)=O)CC2)c1=O. The van der Waals surface area contributed by atoms with Gasteiger partial charge < -0.3 is 16.0 Å². The smallest absolute Gasteiger partial charge is 0.260 e. The van der Waals surface area contributed by atoms with E-state index in [4.69, 9.17) is 4.98 Å². The van der Waals surface area contributed by atoms with Gasteiger partial charge in [-0.2, -0.15) is 4.98 Å². The van der Waals surface area contributed by atoms with Gasteiger partial charge >= 0.3 is 0 Å². The van der Waals surface area contributed by atoms with Gasteiger partial charge in [0.05, 0.1) is 18.1 Å². The van der Waals surface area contributed by atoms with E-state index in [9.17, 15) is 13.2 Å². The molecule has 2 aliphatic rings. The highest BCUT2D eigenvalue weighted by Crippen LogP contribution is 2.31. The van der Waals surface area contributed by atoms with Crippen LogP contribution in [-0.4, -0.2) is 85.7 Å². The summed E-state index contributed by atoms with van der Waals surface area (Å²) in [6.45, 7) is 4.56. The molecule has 0 spiro atoms. The molecule has 1 unspecified atom stereocenters. The zero-order valence-corrected chi connectivity index (χ0v) is 27.3. The minimum atomic E-state index is -3.33. The van der Waals surface area contributed by atoms with Crippen molar-refractivity contribution in [2.24, 2.45) is 7.05 Å². The Hall–Kier alpha value is -4.73. The number of piperidine rings is 1. The summed E-state index contributed by atoms with van der Waals surface area (Å²) in [5.41, 5.74) is 5.64. The molecule has 3 N–H and O–H groups in total. The molecule has 1 aromatic carbocycles. The maximum atomic E-state index is 14.4. The fourth-order valence-electron chi connectivity index (χ4n) is 6.44. The molecule has 7 rings (SSSR count). The average Bonchev–Trinajstić information content (AvgIpc) is 3.73. The number of benzene rings is 1. The Morgan fingerprint density at radius 1 is 0.957 bits per heavy atom. The third-order valence-electron chi connectivity index (χ3n) is 8.98. The molecule has 0 bridgehead atoms. The van der Waals surface area contributed by atoms with Crippen LogP contribution in [0.1, 0.15) is 30.9 Å². The Kier molecular flexibility index (Phi) is 8.20. The van der Waals surface area contributed by atoms with E-state index >= 15 is 0 Å². The molecule has 0 saturated carbocycles. The molecule has 0 aliphatic carbocycles. The van der Waals surface area contributed by atoms with Crippen molar-refractivity contribution in [3.05, 3.63) is 70.9 Å². The van der Waals surface area contributed by atoms with Crippen LogP contribution >= 0.6 is 0 Å². The van der Waals surface area contributed by atoms with Gasteiger partial charge in [0.25, 0.3) is 5.56 Å². The molecule has 0 amide bonds. The Morgan fingerprint density at radius 2 is 1.72 bits per heavy atom. The lowest BCUT2D eigenvalue weighted by Crippen LogP contribution is -2.40. The fraction of sp³-hybridized carbons (Fsp3) is 0.375. The van der Waals surface area contributed by atoms with Crippen molar-refractivity contribution in [1.29, 1.82) is 0 Å². The van der Waals surface area contributed by atoms with Gasteiger partial charge in [0, 0.05) is 79.0 Å². The first-order valence-corrected chi connectivity index (χ1v) is 17.5. The lowest BCUT2D eigenvalue weighted by atomic mass is 10.0. The normalized spacial score (nSPS) is 17.7. The molecular weight excluding hydrogens is 618 g/mol. The number of hydrogen-bond donors (Lipinski definition) is 3. The van der Waals surface area contributed by atoms with Crippen molar-refractivity contribution < 1.29 is 8.42 Å². The van der Waals surface area contributed by atoms with Gasteiger partial charge in [-0.05, 0) is 74.7 Å². The van der Waals surface area contributed by atoms with E-state index in [2.05, 4.69) is 36.2 Å². The van der Waals surface area contributed by atoms with Gasteiger partial charge in [0.2, 0.25) is 16.0 Å². The van der Waals surface area contributed by atoms with E-state index in [1.807, 2.05) is 43.3 Å². The van der Waals surface area contributed by atoms with Crippen LogP contribution in [0.4, 0.5) is 17.3 Å². The van der Waals surface area contributed by atoms with Gasteiger partial charge in [-0.25, -0.2) is 22.4 Å². The summed E-state index contributed by atoms with van der Waals surface area (Å²) in [7, 11) is -1.53. The van der Waals surface area contributed by atoms with Crippen LogP contribution in [0.25, 0.3) is 33.5 Å². The summed E-state index contributed by atoms with van der Waals surface area (Å²) >= 11 is 0. The fourth-order valence-corrected chi connectivity index (χ4v) is 7.31. The molecule has 6 heterocycles. The monoisotopic (exact) mass is 655 g/mol. The Labute approximate surface area is 272 Å². The summed E-state index contributed by atoms with van der Waals surface area (Å²) in [5, 5.41) is 18.8. The Bertz CT molecular complexity index is 2100. The van der Waals surface area contributed by atoms with E-state index in [1.54, 1.807) is 34.9 Å². The average molecular weight is 656 g/mol. The number of sulfonamides is 1. The molecule has 2 saturated heterocycles. The molecule has 0 radical (unpaired) electrons. The van der Waals surface area contributed by atoms with E-state index in [0.29, 0.717) is 65.8 Å². The number of nitrogens with one attached hydrogen (secondary N) is 3. The molecule has 2 fully saturated rings. The van der Waals surface area contributed by atoms with Crippen molar-refractivity contribution >= 4 is 38.4 Å². The Morgan fingerprint density at radius 3 is 2.38 bits per heavy atom. The molecule has 4 aromatic heterocycles. The third kappa shape index (κ3) is 6.33. The molecule has 244 valence electrons. The minimum Gasteiger partial charge on any atom is -0.381 e. The molecule has 2 aliphatic heterocycles. The largest absolute Gasteiger partial charge is 0.381 e. The standard InChI is InChI=1S/C32H37N11O3S/c1-20-14-28(29-19-36-40-41(29)2)34-18-27(20)26-15-21-16-35-32(38-23-6-4-22(5-7-23)37-24-8-11-33-17-24)39-30(21)43(31(26)44)25-9-12-42(13-10-25)47(3,45)46/h4-7,14-16,18-19,24-25,33,37H,8-13,17H2,1-3H3,(H,35,38,39). The van der Waals surface area contributed by atoms with Gasteiger partial charge in [-0.15, -0.1) is 5.10 Å². The van der Waals surface area contributed by atoms with Crippen LogP contribution in [0.2, 0.25) is 0 Å². The maximum Gasteiger partial charge on any atom is 0.260 e. The molecule has 14 nitrogen and oxygen atoms in total. The lowest BCUT2D eigenvalue weighted by molar-refractivity contribution is 0.275. The number of anilines is 3. The van der Waals surface area contributed by atoms with Crippen LogP contribution in [0.3, 0.4) is 0 Å². The number of pyridine rings is 2. The second-order valence-corrected chi connectivity index (χ2v) is 14.2. The summed E-state index contributed by atoms with van der Waals surface area (Å²) < 4.78 is 29.3. The predicted molar refractivity (Wildman–Crippen MR) is 181 cm³/mol. The van der Waals surface area contributed by atoms with Gasteiger partial charge in [0.15, 0.2) is 0 Å². The van der Waals surface area contributed by atoms with E-state index in [1.165, 1.54) is 10.6 Å². The topological polar surface area (TPSA) is 165 Å². The van der Waals surface area contributed by atoms with Gasteiger partial charge in [0.1, 0.15) is 11.3 Å². The first-order valence-electron chi connectivity index (χ1n) is 15.7. The van der Waals surface area contributed by atoms with Crippen LogP contribution < -0.4 is 21.5 Å². The number of nitrogens with zero attached hydrogens (tertiary/aromatic N) is 8. The summed E-state index contributed by atoms with van der Waals surface area (Å²) in [6, 6.07) is 11.9. The number of fused-ring (bicyclic) bond motifs is 1. The summed E-state index contributed by atoms with van der Waals surface area (Å²) in [5.74, 6) is 0.361. The highest BCUT2D eigenvalue weighted by Gasteiger charge is 2.29. The number of rotatable bonds is 8. The summed E-state index contributed by atoms with van der Waals surface area (Å²) in [6.07, 6.45) is 8.34. The number of aryl methyl sites for hydroxylation is 2. The van der Waals surface area contributed by atoms with Crippen LogP contribution in [0, 0.1) is 6.92 Å². The third-order valence-corrected chi connectivity index (χ3v) is 10.3. The number of aromatic nitrogens is 7. The van der Waals surface area contributed by atoms with Crippen LogP contribution in [0.5, 0.6) is 0 Å². The molecule has 47 heavy (non-hydrogen) atoms. The zero-order chi connectivity index (χ0) is 32.7. The van der Waals surface area contributed by atoms with Crippen LogP contribution in [0.15, 0.2) is 59.8 Å². The first kappa shape index (κ1) is 30.9. The van der Waals surface area contributed by atoms with Crippen LogP contribution in [-0.2, 0) is 17.1 Å². The van der Waals surface area contributed by atoms with Crippen molar-refractivity contribution in [2.45, 2.75) is 38.3 Å². The van der Waals surface area contributed by atoms with Crippen molar-refractivity contribution in [3.63, 3.8) is 0 Å². The molecule has 15 heteroatoms. The highest BCUT2D eigenvalue weighted by atomic mass is 32.2. The Balaban J connectivity index is 1.25. The predicted octanol–water partition coefficient (Wildman–Crippen LogP) is 3.07. The summed E-state index contributed by atoms with van der Waals surface area (Å²) in [4.78, 5) is 28.5. The first-order chi connectivity index (χ1) is 22.6. The number of hydrogen-bond acceptors (Lipinski definition) is 11. The highest BCUT2D eigenvalue weighted by molar-refractivity contribution is 7.88.